The Morgan fingerprint density at radius 3 is 2.28 bits per heavy atom. The second kappa shape index (κ2) is 5.72. The van der Waals surface area contributed by atoms with Gasteiger partial charge in [-0.15, -0.1) is 0 Å². The highest BCUT2D eigenvalue weighted by atomic mass is 16.2. The van der Waals surface area contributed by atoms with Crippen LogP contribution in [0, 0.1) is 5.92 Å². The van der Waals surface area contributed by atoms with Crippen LogP contribution in [0.25, 0.3) is 0 Å². The summed E-state index contributed by atoms with van der Waals surface area (Å²) >= 11 is 0. The largest absolute Gasteiger partial charge is 0.340 e. The van der Waals surface area contributed by atoms with Crippen LogP contribution in [0.1, 0.15) is 53.9 Å². The predicted octanol–water partition coefficient (Wildman–Crippen LogP) is 1.94. The molecule has 2 atom stereocenters. The van der Waals surface area contributed by atoms with Gasteiger partial charge in [0.15, 0.2) is 0 Å². The number of hydrogen-bond acceptors (Lipinski definition) is 2. The first-order valence-corrected chi connectivity index (χ1v) is 7.04. The summed E-state index contributed by atoms with van der Waals surface area (Å²) in [6, 6.07) is -0.349. The van der Waals surface area contributed by atoms with Gasteiger partial charge in [-0.25, -0.2) is 0 Å². The third-order valence-corrected chi connectivity index (χ3v) is 4.29. The van der Waals surface area contributed by atoms with E-state index < -0.39 is 5.54 Å². The van der Waals surface area contributed by atoms with Gasteiger partial charge in [0.25, 0.3) is 0 Å². The summed E-state index contributed by atoms with van der Waals surface area (Å²) in [6.07, 6.45) is 2.32. The molecule has 0 aromatic rings. The molecule has 0 radical (unpaired) electrons. The molecule has 2 amide bonds. The Kier molecular flexibility index (Phi) is 4.77. The Balaban J connectivity index is 2.99. The maximum absolute atomic E-state index is 12.6. The predicted molar refractivity (Wildman–Crippen MR) is 72.1 cm³/mol. The molecule has 0 spiro atoms. The van der Waals surface area contributed by atoms with E-state index in [9.17, 15) is 9.59 Å². The Labute approximate surface area is 110 Å². The van der Waals surface area contributed by atoms with E-state index in [0.29, 0.717) is 25.3 Å². The van der Waals surface area contributed by atoms with Gasteiger partial charge in [0.2, 0.25) is 11.8 Å². The van der Waals surface area contributed by atoms with Crippen LogP contribution in [0.3, 0.4) is 0 Å². The lowest BCUT2D eigenvalue weighted by molar-refractivity contribution is -0.155. The topological polar surface area (TPSA) is 49.4 Å². The quantitative estimate of drug-likeness (QED) is 0.815. The molecule has 0 saturated carbocycles. The van der Waals surface area contributed by atoms with Gasteiger partial charge in [-0.3, -0.25) is 9.59 Å². The zero-order chi connectivity index (χ0) is 13.9. The molecule has 0 aromatic carbocycles. The Bertz CT molecular complexity index is 324. The first kappa shape index (κ1) is 15.0. The second-order valence-electron chi connectivity index (χ2n) is 5.43. The molecule has 1 N–H and O–H groups in total. The molecule has 104 valence electrons. The van der Waals surface area contributed by atoms with Gasteiger partial charge in [0.05, 0.1) is 0 Å². The van der Waals surface area contributed by atoms with E-state index >= 15 is 0 Å². The molecule has 4 nitrogen and oxygen atoms in total. The maximum atomic E-state index is 12.6. The van der Waals surface area contributed by atoms with Gasteiger partial charge < -0.3 is 10.2 Å². The monoisotopic (exact) mass is 254 g/mol. The van der Waals surface area contributed by atoms with Crippen molar-refractivity contribution in [2.75, 3.05) is 6.54 Å². The van der Waals surface area contributed by atoms with Crippen LogP contribution in [0.5, 0.6) is 0 Å². The smallest absolute Gasteiger partial charge is 0.248 e. The highest BCUT2D eigenvalue weighted by molar-refractivity contribution is 5.99. The molecule has 2 unspecified atom stereocenters. The zero-order valence-electron chi connectivity index (χ0n) is 12.2. The third kappa shape index (κ3) is 2.52. The van der Waals surface area contributed by atoms with Crippen molar-refractivity contribution in [3.8, 4) is 0 Å². The zero-order valence-corrected chi connectivity index (χ0v) is 12.2. The Morgan fingerprint density at radius 1 is 1.28 bits per heavy atom. The van der Waals surface area contributed by atoms with Gasteiger partial charge in [-0.1, -0.05) is 34.1 Å². The molecule has 4 heteroatoms. The molecule has 1 aliphatic heterocycles. The number of hydrogen-bond donors (Lipinski definition) is 1. The number of nitrogens with one attached hydrogen (secondary N) is 1. The molecule has 18 heavy (non-hydrogen) atoms. The molecule has 1 heterocycles. The van der Waals surface area contributed by atoms with Crippen LogP contribution in [0.2, 0.25) is 0 Å². The fraction of sp³-hybridized carbons (Fsp3) is 0.857. The lowest BCUT2D eigenvalue weighted by atomic mass is 9.87. The van der Waals surface area contributed by atoms with Crippen LogP contribution >= 0.6 is 0 Å². The van der Waals surface area contributed by atoms with E-state index in [2.05, 4.69) is 19.2 Å². The molecule has 1 aliphatic rings. The fourth-order valence-corrected chi connectivity index (χ4v) is 2.42. The van der Waals surface area contributed by atoms with Gasteiger partial charge in [-0.05, 0) is 25.7 Å². The summed E-state index contributed by atoms with van der Waals surface area (Å²) in [6.45, 7) is 10.6. The standard InChI is InChI=1S/C14H26N2O2/c1-6-10(4)9-16-11(5)12(17)15-14(7-2,8-3)13(16)18/h10-11H,6-9H2,1-5H3,(H,15,17). The third-order valence-electron chi connectivity index (χ3n) is 4.29. The number of carbonyl (C=O) groups is 2. The average Bonchev–Trinajstić information content (AvgIpc) is 2.38. The van der Waals surface area contributed by atoms with Crippen molar-refractivity contribution in [2.45, 2.75) is 65.5 Å². The van der Waals surface area contributed by atoms with Crippen molar-refractivity contribution in [2.24, 2.45) is 5.92 Å². The van der Waals surface area contributed by atoms with Crippen LogP contribution in [-0.2, 0) is 9.59 Å². The summed E-state index contributed by atoms with van der Waals surface area (Å²) in [7, 11) is 0. The Morgan fingerprint density at radius 2 is 1.83 bits per heavy atom. The van der Waals surface area contributed by atoms with Crippen molar-refractivity contribution >= 4 is 11.8 Å². The molecule has 1 saturated heterocycles. The van der Waals surface area contributed by atoms with Crippen molar-refractivity contribution in [1.29, 1.82) is 0 Å². The minimum absolute atomic E-state index is 0.0263. The van der Waals surface area contributed by atoms with Gasteiger partial charge in [0.1, 0.15) is 11.6 Å². The molecular weight excluding hydrogens is 228 g/mol. The number of amides is 2. The lowest BCUT2D eigenvalue weighted by Crippen LogP contribution is -2.69. The average molecular weight is 254 g/mol. The molecular formula is C14H26N2O2. The van der Waals surface area contributed by atoms with Gasteiger partial charge in [-0.2, -0.15) is 0 Å². The molecule has 1 fully saturated rings. The SMILES string of the molecule is CCC(C)CN1C(=O)C(CC)(CC)NC(=O)C1C. The highest BCUT2D eigenvalue weighted by Gasteiger charge is 2.47. The molecule has 0 aromatic heterocycles. The molecule has 0 bridgehead atoms. The Hall–Kier alpha value is -1.06. The lowest BCUT2D eigenvalue weighted by Gasteiger charge is -2.45. The maximum Gasteiger partial charge on any atom is 0.248 e. The van der Waals surface area contributed by atoms with E-state index in [1.54, 1.807) is 4.90 Å². The van der Waals surface area contributed by atoms with E-state index in [1.165, 1.54) is 0 Å². The normalized spacial score (nSPS) is 24.9. The first-order chi connectivity index (χ1) is 8.41. The number of nitrogens with zero attached hydrogens (tertiary/aromatic N) is 1. The van der Waals surface area contributed by atoms with Crippen LogP contribution in [0.15, 0.2) is 0 Å². The number of rotatable bonds is 5. The second-order valence-corrected chi connectivity index (χ2v) is 5.43. The van der Waals surface area contributed by atoms with Gasteiger partial charge >= 0.3 is 0 Å². The summed E-state index contributed by atoms with van der Waals surface area (Å²) in [4.78, 5) is 26.4. The number of carbonyl (C=O) groups excluding carboxylic acids is 2. The molecule has 1 rings (SSSR count). The van der Waals surface area contributed by atoms with Crippen LogP contribution in [0.4, 0.5) is 0 Å². The van der Waals surface area contributed by atoms with Crippen LogP contribution < -0.4 is 5.32 Å². The highest BCUT2D eigenvalue weighted by Crippen LogP contribution is 2.25. The summed E-state index contributed by atoms with van der Waals surface area (Å²) in [5.74, 6) is 0.482. The minimum atomic E-state index is -0.683. The van der Waals surface area contributed by atoms with Crippen molar-refractivity contribution in [3.63, 3.8) is 0 Å². The van der Waals surface area contributed by atoms with E-state index in [0.717, 1.165) is 6.42 Å². The van der Waals surface area contributed by atoms with Crippen molar-refractivity contribution < 1.29 is 9.59 Å². The summed E-state index contributed by atoms with van der Waals surface area (Å²) < 4.78 is 0. The summed E-state index contributed by atoms with van der Waals surface area (Å²) in [5, 5.41) is 2.92. The van der Waals surface area contributed by atoms with Crippen LogP contribution in [-0.4, -0.2) is 34.8 Å². The van der Waals surface area contributed by atoms with E-state index in [1.807, 2.05) is 20.8 Å². The van der Waals surface area contributed by atoms with Crippen molar-refractivity contribution in [3.05, 3.63) is 0 Å². The first-order valence-electron chi connectivity index (χ1n) is 7.04. The summed E-state index contributed by atoms with van der Waals surface area (Å²) in [5.41, 5.74) is -0.683. The minimum Gasteiger partial charge on any atom is -0.340 e. The van der Waals surface area contributed by atoms with E-state index in [4.69, 9.17) is 0 Å². The van der Waals surface area contributed by atoms with E-state index in [-0.39, 0.29) is 17.9 Å². The van der Waals surface area contributed by atoms with Gasteiger partial charge in [0, 0.05) is 6.54 Å². The van der Waals surface area contributed by atoms with Crippen molar-refractivity contribution in [1.82, 2.24) is 10.2 Å². The fourth-order valence-electron chi connectivity index (χ4n) is 2.42. The molecule has 0 aliphatic carbocycles. The number of piperazine rings is 1.